The molecular weight excluding hydrogens is 274 g/mol. The summed E-state index contributed by atoms with van der Waals surface area (Å²) >= 11 is 6.07. The number of phenols is 1. The van der Waals surface area contributed by atoms with Crippen LogP contribution in [0.3, 0.4) is 0 Å². The normalized spacial score (nSPS) is 10.7. The van der Waals surface area contributed by atoms with Gasteiger partial charge in [0.25, 0.3) is 0 Å². The van der Waals surface area contributed by atoms with Crippen molar-refractivity contribution in [2.75, 3.05) is 5.32 Å². The molecular formula is C15H12ClN3O. The van der Waals surface area contributed by atoms with Gasteiger partial charge < -0.3 is 10.4 Å². The van der Waals surface area contributed by atoms with Crippen molar-refractivity contribution in [3.8, 4) is 5.75 Å². The van der Waals surface area contributed by atoms with E-state index in [2.05, 4.69) is 15.3 Å². The first-order valence-corrected chi connectivity index (χ1v) is 6.53. The molecule has 1 heterocycles. The fraction of sp³-hybridized carbons (Fsp3) is 0.0667. The molecule has 0 saturated carbocycles. The van der Waals surface area contributed by atoms with Crippen molar-refractivity contribution in [1.82, 2.24) is 9.97 Å². The van der Waals surface area contributed by atoms with Crippen molar-refractivity contribution in [3.63, 3.8) is 0 Å². The van der Waals surface area contributed by atoms with Crippen molar-refractivity contribution in [3.05, 3.63) is 59.4 Å². The molecule has 0 atom stereocenters. The Morgan fingerprint density at radius 3 is 2.65 bits per heavy atom. The summed E-state index contributed by atoms with van der Waals surface area (Å²) in [6.45, 7) is 0.442. The SMILES string of the molecule is Oc1cccc(Cl)c1CNc1ccc2nccnc2c1. The summed E-state index contributed by atoms with van der Waals surface area (Å²) in [6.07, 6.45) is 3.32. The van der Waals surface area contributed by atoms with Gasteiger partial charge in [0.2, 0.25) is 0 Å². The number of halogens is 1. The molecule has 0 saturated heterocycles. The highest BCUT2D eigenvalue weighted by atomic mass is 35.5. The van der Waals surface area contributed by atoms with E-state index in [1.165, 1.54) is 0 Å². The Bertz CT molecular complexity index is 741. The fourth-order valence-corrected chi connectivity index (χ4v) is 2.22. The van der Waals surface area contributed by atoms with Gasteiger partial charge in [-0.3, -0.25) is 9.97 Å². The summed E-state index contributed by atoms with van der Waals surface area (Å²) in [6, 6.07) is 10.8. The minimum absolute atomic E-state index is 0.186. The number of aromatic hydroxyl groups is 1. The van der Waals surface area contributed by atoms with Crippen LogP contribution in [0.25, 0.3) is 11.0 Å². The molecule has 20 heavy (non-hydrogen) atoms. The van der Waals surface area contributed by atoms with E-state index in [1.54, 1.807) is 30.6 Å². The van der Waals surface area contributed by atoms with Gasteiger partial charge in [0.15, 0.2) is 0 Å². The van der Waals surface area contributed by atoms with Crippen LogP contribution >= 0.6 is 11.6 Å². The average Bonchev–Trinajstić information content (AvgIpc) is 2.46. The number of hydrogen-bond donors (Lipinski definition) is 2. The van der Waals surface area contributed by atoms with Crippen LogP contribution in [0.4, 0.5) is 5.69 Å². The number of rotatable bonds is 3. The first-order valence-electron chi connectivity index (χ1n) is 6.15. The summed E-state index contributed by atoms with van der Waals surface area (Å²) in [5.74, 6) is 0.186. The number of aromatic nitrogens is 2. The summed E-state index contributed by atoms with van der Waals surface area (Å²) in [4.78, 5) is 8.47. The van der Waals surface area contributed by atoms with E-state index in [1.807, 2.05) is 18.2 Å². The Morgan fingerprint density at radius 2 is 1.85 bits per heavy atom. The molecule has 100 valence electrons. The maximum atomic E-state index is 9.79. The predicted octanol–water partition coefficient (Wildman–Crippen LogP) is 3.60. The van der Waals surface area contributed by atoms with Crippen LogP contribution in [0.5, 0.6) is 5.75 Å². The highest BCUT2D eigenvalue weighted by Crippen LogP contribution is 2.26. The molecule has 3 rings (SSSR count). The quantitative estimate of drug-likeness (QED) is 0.772. The lowest BCUT2D eigenvalue weighted by atomic mass is 10.2. The van der Waals surface area contributed by atoms with E-state index in [9.17, 15) is 5.11 Å². The minimum atomic E-state index is 0.186. The zero-order valence-corrected chi connectivity index (χ0v) is 11.3. The van der Waals surface area contributed by atoms with E-state index in [-0.39, 0.29) is 5.75 Å². The fourth-order valence-electron chi connectivity index (χ4n) is 1.99. The molecule has 4 nitrogen and oxygen atoms in total. The number of fused-ring (bicyclic) bond motifs is 1. The maximum Gasteiger partial charge on any atom is 0.122 e. The molecule has 0 aliphatic heterocycles. The van der Waals surface area contributed by atoms with E-state index in [0.717, 1.165) is 16.7 Å². The molecule has 5 heteroatoms. The zero-order valence-electron chi connectivity index (χ0n) is 10.5. The lowest BCUT2D eigenvalue weighted by Gasteiger charge is -2.10. The van der Waals surface area contributed by atoms with Crippen molar-refractivity contribution in [2.24, 2.45) is 0 Å². The van der Waals surface area contributed by atoms with Crippen molar-refractivity contribution in [1.29, 1.82) is 0 Å². The molecule has 0 amide bonds. The second-order valence-corrected chi connectivity index (χ2v) is 4.76. The van der Waals surface area contributed by atoms with Gasteiger partial charge in [0.05, 0.1) is 11.0 Å². The lowest BCUT2D eigenvalue weighted by molar-refractivity contribution is 0.469. The molecule has 3 aromatic rings. The van der Waals surface area contributed by atoms with Crippen LogP contribution in [-0.4, -0.2) is 15.1 Å². The minimum Gasteiger partial charge on any atom is -0.508 e. The van der Waals surface area contributed by atoms with E-state index in [0.29, 0.717) is 17.1 Å². The Balaban J connectivity index is 1.83. The van der Waals surface area contributed by atoms with Gasteiger partial charge in [-0.2, -0.15) is 0 Å². The predicted molar refractivity (Wildman–Crippen MR) is 80.0 cm³/mol. The zero-order chi connectivity index (χ0) is 13.9. The average molecular weight is 286 g/mol. The Morgan fingerprint density at radius 1 is 1.05 bits per heavy atom. The smallest absolute Gasteiger partial charge is 0.122 e. The highest BCUT2D eigenvalue weighted by Gasteiger charge is 2.06. The van der Waals surface area contributed by atoms with Gasteiger partial charge in [0, 0.05) is 35.2 Å². The Labute approximate surface area is 121 Å². The molecule has 0 bridgehead atoms. The summed E-state index contributed by atoms with van der Waals surface area (Å²) in [5.41, 5.74) is 3.24. The number of benzene rings is 2. The standard InChI is InChI=1S/C15H12ClN3O/c16-12-2-1-3-15(20)11(12)9-19-10-4-5-13-14(8-10)18-7-6-17-13/h1-8,19-20H,9H2. The van der Waals surface area contributed by atoms with Crippen LogP contribution in [0.1, 0.15) is 5.56 Å². The third-order valence-corrected chi connectivity index (χ3v) is 3.39. The summed E-state index contributed by atoms with van der Waals surface area (Å²) in [7, 11) is 0. The lowest BCUT2D eigenvalue weighted by Crippen LogP contribution is -2.00. The van der Waals surface area contributed by atoms with Gasteiger partial charge >= 0.3 is 0 Å². The number of anilines is 1. The Kier molecular flexibility index (Phi) is 3.39. The van der Waals surface area contributed by atoms with Gasteiger partial charge in [-0.1, -0.05) is 17.7 Å². The van der Waals surface area contributed by atoms with E-state index >= 15 is 0 Å². The van der Waals surface area contributed by atoms with Crippen molar-refractivity contribution in [2.45, 2.75) is 6.54 Å². The Hall–Kier alpha value is -2.33. The van der Waals surface area contributed by atoms with Crippen LogP contribution in [-0.2, 0) is 6.54 Å². The van der Waals surface area contributed by atoms with E-state index in [4.69, 9.17) is 11.6 Å². The molecule has 2 N–H and O–H groups in total. The molecule has 2 aromatic carbocycles. The first kappa shape index (κ1) is 12.7. The third-order valence-electron chi connectivity index (χ3n) is 3.03. The summed E-state index contributed by atoms with van der Waals surface area (Å²) < 4.78 is 0. The van der Waals surface area contributed by atoms with Crippen molar-refractivity contribution >= 4 is 28.3 Å². The van der Waals surface area contributed by atoms with Gasteiger partial charge in [0.1, 0.15) is 5.75 Å². The molecule has 1 aromatic heterocycles. The molecule has 0 radical (unpaired) electrons. The topological polar surface area (TPSA) is 58.0 Å². The maximum absolute atomic E-state index is 9.79. The van der Waals surface area contributed by atoms with Gasteiger partial charge in [-0.25, -0.2) is 0 Å². The second-order valence-electron chi connectivity index (χ2n) is 4.35. The first-order chi connectivity index (χ1) is 9.74. The van der Waals surface area contributed by atoms with Crippen LogP contribution in [0.2, 0.25) is 5.02 Å². The number of nitrogens with zero attached hydrogens (tertiary/aromatic N) is 2. The molecule has 0 aliphatic carbocycles. The molecule has 0 spiro atoms. The van der Waals surface area contributed by atoms with Gasteiger partial charge in [-0.05, 0) is 30.3 Å². The number of phenolic OH excluding ortho intramolecular Hbond substituents is 1. The number of nitrogens with one attached hydrogen (secondary N) is 1. The van der Waals surface area contributed by atoms with Crippen LogP contribution in [0, 0.1) is 0 Å². The largest absolute Gasteiger partial charge is 0.508 e. The van der Waals surface area contributed by atoms with Crippen LogP contribution in [0.15, 0.2) is 48.8 Å². The summed E-state index contributed by atoms with van der Waals surface area (Å²) in [5, 5.41) is 13.6. The highest BCUT2D eigenvalue weighted by molar-refractivity contribution is 6.31. The van der Waals surface area contributed by atoms with Crippen LogP contribution < -0.4 is 5.32 Å². The van der Waals surface area contributed by atoms with E-state index < -0.39 is 0 Å². The molecule has 0 aliphatic rings. The molecule has 0 unspecified atom stereocenters. The monoisotopic (exact) mass is 285 g/mol. The number of hydrogen-bond acceptors (Lipinski definition) is 4. The molecule has 0 fully saturated rings. The third kappa shape index (κ3) is 2.51. The van der Waals surface area contributed by atoms with Gasteiger partial charge in [-0.15, -0.1) is 0 Å². The van der Waals surface area contributed by atoms with Crippen molar-refractivity contribution < 1.29 is 5.11 Å². The second kappa shape index (κ2) is 5.35.